The molecule has 0 amide bonds. The second-order valence-electron chi connectivity index (χ2n) is 7.83. The number of carbonyl (C=O) groups is 3. The molecule has 0 saturated heterocycles. The molecular formula is C23H24O5. The number of ether oxygens (including phenoxy) is 1. The van der Waals surface area contributed by atoms with E-state index in [-0.39, 0.29) is 22.7 Å². The number of phenolic OH excluding ortho intramolecular Hbond substituents is 1. The van der Waals surface area contributed by atoms with Gasteiger partial charge in [0.25, 0.3) is 0 Å². The summed E-state index contributed by atoms with van der Waals surface area (Å²) in [6, 6.07) is 8.24. The number of aromatic hydroxyl groups is 1. The third-order valence-electron chi connectivity index (χ3n) is 4.14. The predicted octanol–water partition coefficient (Wildman–Crippen LogP) is 4.82. The van der Waals surface area contributed by atoms with Gasteiger partial charge < -0.3 is 9.84 Å². The molecule has 0 atom stereocenters. The maximum atomic E-state index is 12.8. The average Bonchev–Trinajstić information content (AvgIpc) is 2.60. The van der Waals surface area contributed by atoms with Gasteiger partial charge in [0.15, 0.2) is 5.78 Å². The van der Waals surface area contributed by atoms with Crippen LogP contribution < -0.4 is 0 Å². The summed E-state index contributed by atoms with van der Waals surface area (Å²) in [6.45, 7) is 11.9. The van der Waals surface area contributed by atoms with Crippen LogP contribution in [-0.4, -0.2) is 22.8 Å². The van der Waals surface area contributed by atoms with Crippen molar-refractivity contribution >= 4 is 34.6 Å². The van der Waals surface area contributed by atoms with E-state index >= 15 is 0 Å². The summed E-state index contributed by atoms with van der Waals surface area (Å²) in [5, 5.41) is 11.3. The Kier molecular flexibility index (Phi) is 5.88. The van der Waals surface area contributed by atoms with Crippen LogP contribution in [0.5, 0.6) is 5.75 Å². The SMILES string of the molecule is C=C(C)C(=O)OC(=O)/C(C)=C/c1cc(C(=O)C(C)(C)C)cc2ccc(O)cc12. The fraction of sp³-hybridized carbons (Fsp3) is 0.261. The molecule has 2 aromatic rings. The number of Topliss-reactive ketones (excluding diaryl/α,β-unsaturated/α-hetero) is 1. The Hall–Kier alpha value is -3.21. The number of rotatable bonds is 4. The number of hydrogen-bond acceptors (Lipinski definition) is 5. The van der Waals surface area contributed by atoms with Gasteiger partial charge in [0.1, 0.15) is 5.75 Å². The average molecular weight is 380 g/mol. The molecule has 0 unspecified atom stereocenters. The highest BCUT2D eigenvalue weighted by Gasteiger charge is 2.24. The fourth-order valence-electron chi connectivity index (χ4n) is 2.60. The molecule has 0 heterocycles. The molecule has 2 rings (SSSR count). The minimum atomic E-state index is -0.797. The summed E-state index contributed by atoms with van der Waals surface area (Å²) in [4.78, 5) is 36.5. The van der Waals surface area contributed by atoms with Crippen LogP contribution in [0.3, 0.4) is 0 Å². The first-order valence-corrected chi connectivity index (χ1v) is 8.82. The summed E-state index contributed by atoms with van der Waals surface area (Å²) in [5.74, 6) is -1.57. The summed E-state index contributed by atoms with van der Waals surface area (Å²) in [6.07, 6.45) is 1.54. The lowest BCUT2D eigenvalue weighted by Gasteiger charge is -2.18. The van der Waals surface area contributed by atoms with Crippen LogP contribution >= 0.6 is 0 Å². The van der Waals surface area contributed by atoms with Crippen molar-refractivity contribution in [3.63, 3.8) is 0 Å². The number of phenols is 1. The summed E-state index contributed by atoms with van der Waals surface area (Å²) >= 11 is 0. The first-order chi connectivity index (χ1) is 12.9. The Labute approximate surface area is 164 Å². The Bertz CT molecular complexity index is 1020. The number of esters is 2. The van der Waals surface area contributed by atoms with Crippen molar-refractivity contribution in [1.82, 2.24) is 0 Å². The number of carbonyl (C=O) groups excluding carboxylic acids is 3. The minimum Gasteiger partial charge on any atom is -0.508 e. The fourth-order valence-corrected chi connectivity index (χ4v) is 2.60. The van der Waals surface area contributed by atoms with E-state index in [9.17, 15) is 19.5 Å². The van der Waals surface area contributed by atoms with E-state index in [1.54, 1.807) is 24.3 Å². The lowest BCUT2D eigenvalue weighted by atomic mass is 9.85. The Morgan fingerprint density at radius 1 is 1.04 bits per heavy atom. The van der Waals surface area contributed by atoms with Crippen molar-refractivity contribution in [2.75, 3.05) is 0 Å². The Balaban J connectivity index is 2.59. The molecule has 5 nitrogen and oxygen atoms in total. The summed E-state index contributed by atoms with van der Waals surface area (Å²) in [7, 11) is 0. The molecule has 0 aliphatic rings. The van der Waals surface area contributed by atoms with Crippen LogP contribution in [0.1, 0.15) is 50.5 Å². The summed E-state index contributed by atoms with van der Waals surface area (Å²) in [5.41, 5.74) is 0.788. The quantitative estimate of drug-likeness (QED) is 0.356. The maximum Gasteiger partial charge on any atom is 0.341 e. The highest BCUT2D eigenvalue weighted by Crippen LogP contribution is 2.30. The van der Waals surface area contributed by atoms with Gasteiger partial charge in [-0.05, 0) is 60.5 Å². The lowest BCUT2D eigenvalue weighted by Crippen LogP contribution is -2.20. The molecule has 0 aliphatic heterocycles. The molecule has 2 aromatic carbocycles. The number of hydrogen-bond donors (Lipinski definition) is 1. The second kappa shape index (κ2) is 7.80. The zero-order valence-electron chi connectivity index (χ0n) is 16.8. The van der Waals surface area contributed by atoms with Gasteiger partial charge in [-0.15, -0.1) is 0 Å². The van der Waals surface area contributed by atoms with E-state index in [2.05, 4.69) is 6.58 Å². The van der Waals surface area contributed by atoms with E-state index in [1.807, 2.05) is 20.8 Å². The van der Waals surface area contributed by atoms with Crippen molar-refractivity contribution in [1.29, 1.82) is 0 Å². The van der Waals surface area contributed by atoms with E-state index in [1.165, 1.54) is 26.0 Å². The van der Waals surface area contributed by atoms with Gasteiger partial charge in [0, 0.05) is 22.1 Å². The zero-order valence-corrected chi connectivity index (χ0v) is 16.8. The Morgan fingerprint density at radius 2 is 1.68 bits per heavy atom. The van der Waals surface area contributed by atoms with Crippen LogP contribution in [0.15, 0.2) is 48.1 Å². The molecule has 0 saturated carbocycles. The van der Waals surface area contributed by atoms with Gasteiger partial charge in [-0.25, -0.2) is 9.59 Å². The van der Waals surface area contributed by atoms with Gasteiger partial charge in [-0.2, -0.15) is 0 Å². The third-order valence-corrected chi connectivity index (χ3v) is 4.14. The molecule has 0 bridgehead atoms. The van der Waals surface area contributed by atoms with Crippen molar-refractivity contribution in [3.05, 3.63) is 59.2 Å². The largest absolute Gasteiger partial charge is 0.508 e. The van der Waals surface area contributed by atoms with E-state index < -0.39 is 17.4 Å². The molecule has 0 aromatic heterocycles. The third kappa shape index (κ3) is 4.74. The van der Waals surface area contributed by atoms with Crippen LogP contribution in [0, 0.1) is 5.41 Å². The number of benzene rings is 2. The molecular weight excluding hydrogens is 356 g/mol. The molecule has 0 radical (unpaired) electrons. The van der Waals surface area contributed by atoms with Crippen LogP contribution in [0.25, 0.3) is 16.8 Å². The first kappa shape index (κ1) is 21.1. The molecule has 0 aliphatic carbocycles. The normalized spacial score (nSPS) is 12.0. The standard InChI is InChI=1S/C23H24O5/c1-13(2)21(26)28-22(27)14(3)9-16-11-17(20(25)23(4,5)6)10-15-7-8-18(24)12-19(15)16/h7-12,24H,1H2,2-6H3/b14-9+. The van der Waals surface area contributed by atoms with Crippen LogP contribution in [0.2, 0.25) is 0 Å². The van der Waals surface area contributed by atoms with Gasteiger partial charge in [-0.1, -0.05) is 33.4 Å². The van der Waals surface area contributed by atoms with Gasteiger partial charge >= 0.3 is 11.9 Å². The van der Waals surface area contributed by atoms with Crippen molar-refractivity contribution in [3.8, 4) is 5.75 Å². The molecule has 5 heteroatoms. The second-order valence-corrected chi connectivity index (χ2v) is 7.83. The smallest absolute Gasteiger partial charge is 0.341 e. The minimum absolute atomic E-state index is 0.0465. The van der Waals surface area contributed by atoms with E-state index in [0.29, 0.717) is 16.5 Å². The van der Waals surface area contributed by atoms with E-state index in [0.717, 1.165) is 5.39 Å². The summed E-state index contributed by atoms with van der Waals surface area (Å²) < 4.78 is 4.75. The monoisotopic (exact) mass is 380 g/mol. The van der Waals surface area contributed by atoms with Crippen LogP contribution in [0.4, 0.5) is 0 Å². The van der Waals surface area contributed by atoms with Crippen molar-refractivity contribution in [2.24, 2.45) is 5.41 Å². The maximum absolute atomic E-state index is 12.8. The first-order valence-electron chi connectivity index (χ1n) is 8.82. The number of fused-ring (bicyclic) bond motifs is 1. The van der Waals surface area contributed by atoms with Crippen molar-refractivity contribution < 1.29 is 24.2 Å². The molecule has 28 heavy (non-hydrogen) atoms. The topological polar surface area (TPSA) is 80.7 Å². The predicted molar refractivity (Wildman–Crippen MR) is 109 cm³/mol. The van der Waals surface area contributed by atoms with Crippen molar-refractivity contribution in [2.45, 2.75) is 34.6 Å². The molecule has 146 valence electrons. The Morgan fingerprint density at radius 3 is 2.25 bits per heavy atom. The van der Waals surface area contributed by atoms with E-state index in [4.69, 9.17) is 4.74 Å². The highest BCUT2D eigenvalue weighted by molar-refractivity contribution is 6.07. The van der Waals surface area contributed by atoms with Gasteiger partial charge in [0.05, 0.1) is 0 Å². The van der Waals surface area contributed by atoms with Crippen LogP contribution in [-0.2, 0) is 14.3 Å². The molecule has 0 spiro atoms. The number of ketones is 1. The highest BCUT2D eigenvalue weighted by atomic mass is 16.6. The van der Waals surface area contributed by atoms with Gasteiger partial charge in [-0.3, -0.25) is 4.79 Å². The van der Waals surface area contributed by atoms with Gasteiger partial charge in [0.2, 0.25) is 0 Å². The molecule has 0 fully saturated rings. The molecule has 1 N–H and O–H groups in total. The lowest BCUT2D eigenvalue weighted by molar-refractivity contribution is -0.153. The zero-order chi connectivity index (χ0) is 21.2.